The van der Waals surface area contributed by atoms with Crippen molar-refractivity contribution in [3.63, 3.8) is 0 Å². The summed E-state index contributed by atoms with van der Waals surface area (Å²) in [6.45, 7) is 4.00. The predicted octanol–water partition coefficient (Wildman–Crippen LogP) is 0.842. The Morgan fingerprint density at radius 1 is 1.64 bits per heavy atom. The number of fused-ring (bicyclic) bond motifs is 1. The molecule has 4 heteroatoms. The molecule has 14 heavy (non-hydrogen) atoms. The van der Waals surface area contributed by atoms with E-state index in [0.29, 0.717) is 12.3 Å². The molecule has 0 bridgehead atoms. The van der Waals surface area contributed by atoms with E-state index < -0.39 is 5.97 Å². The number of carbonyl (C=O) groups is 2. The minimum absolute atomic E-state index is 0.0168. The van der Waals surface area contributed by atoms with Crippen LogP contribution in [0.15, 0.2) is 11.8 Å². The number of carbonyl (C=O) groups excluding carboxylic acids is 1. The van der Waals surface area contributed by atoms with Crippen LogP contribution in [-0.2, 0) is 9.59 Å². The summed E-state index contributed by atoms with van der Waals surface area (Å²) in [5.74, 6) is -0.715. The van der Waals surface area contributed by atoms with Gasteiger partial charge in [-0.15, -0.1) is 0 Å². The molecule has 0 spiro atoms. The maximum Gasteiger partial charge on any atom is 0.352 e. The lowest BCUT2D eigenvalue weighted by atomic mass is 9.79. The average Bonchev–Trinajstić information content (AvgIpc) is 2.42. The molecule has 2 unspecified atom stereocenters. The summed E-state index contributed by atoms with van der Waals surface area (Å²) in [6.07, 6.45) is 2.34. The lowest BCUT2D eigenvalue weighted by Crippen LogP contribution is -2.60. The second-order valence-electron chi connectivity index (χ2n) is 4.18. The van der Waals surface area contributed by atoms with Gasteiger partial charge in [0.2, 0.25) is 5.91 Å². The first-order chi connectivity index (χ1) is 6.54. The average molecular weight is 195 g/mol. The summed E-state index contributed by atoms with van der Waals surface area (Å²) in [6, 6.07) is 0.105. The Bertz CT molecular complexity index is 332. The summed E-state index contributed by atoms with van der Waals surface area (Å²) in [4.78, 5) is 23.8. The highest BCUT2D eigenvalue weighted by atomic mass is 16.4. The Hall–Kier alpha value is -1.32. The van der Waals surface area contributed by atoms with Gasteiger partial charge in [0.1, 0.15) is 5.70 Å². The second-order valence-corrected chi connectivity index (χ2v) is 4.18. The maximum absolute atomic E-state index is 11.6. The third-order valence-corrected chi connectivity index (χ3v) is 3.02. The van der Waals surface area contributed by atoms with Gasteiger partial charge in [0.05, 0.1) is 12.0 Å². The number of amides is 1. The van der Waals surface area contributed by atoms with E-state index in [1.165, 1.54) is 4.90 Å². The standard InChI is InChI=1S/C10H13NO3/c1-5(2)8-6-3-4-7(10(13)14)11(6)9(8)12/h4-6,8H,3H2,1-2H3,(H,13,14). The number of rotatable bonds is 2. The molecule has 1 N–H and O–H groups in total. The lowest BCUT2D eigenvalue weighted by molar-refractivity contribution is -0.157. The fourth-order valence-electron chi connectivity index (χ4n) is 2.37. The van der Waals surface area contributed by atoms with Crippen LogP contribution in [0.2, 0.25) is 0 Å². The summed E-state index contributed by atoms with van der Waals surface area (Å²) >= 11 is 0. The van der Waals surface area contributed by atoms with Crippen LogP contribution in [0, 0.1) is 11.8 Å². The highest BCUT2D eigenvalue weighted by molar-refractivity contribution is 5.98. The van der Waals surface area contributed by atoms with E-state index in [1.54, 1.807) is 6.08 Å². The fraction of sp³-hybridized carbons (Fsp3) is 0.600. The van der Waals surface area contributed by atoms with Gasteiger partial charge >= 0.3 is 5.97 Å². The van der Waals surface area contributed by atoms with Crippen molar-refractivity contribution in [2.45, 2.75) is 26.3 Å². The van der Waals surface area contributed by atoms with E-state index >= 15 is 0 Å². The van der Waals surface area contributed by atoms with Gasteiger partial charge in [0.15, 0.2) is 0 Å². The third-order valence-electron chi connectivity index (χ3n) is 3.02. The van der Waals surface area contributed by atoms with Crippen LogP contribution < -0.4 is 0 Å². The quantitative estimate of drug-likeness (QED) is 0.664. The van der Waals surface area contributed by atoms with Gasteiger partial charge in [-0.3, -0.25) is 4.79 Å². The molecular weight excluding hydrogens is 182 g/mol. The molecule has 1 amide bonds. The summed E-state index contributed by atoms with van der Waals surface area (Å²) in [5, 5.41) is 8.82. The molecule has 2 aliphatic heterocycles. The Morgan fingerprint density at radius 2 is 2.29 bits per heavy atom. The number of aliphatic carboxylic acids is 1. The van der Waals surface area contributed by atoms with Crippen LogP contribution in [0.25, 0.3) is 0 Å². The van der Waals surface area contributed by atoms with E-state index in [4.69, 9.17) is 5.11 Å². The number of hydrogen-bond acceptors (Lipinski definition) is 2. The summed E-state index contributed by atoms with van der Waals surface area (Å²) in [7, 11) is 0. The third kappa shape index (κ3) is 0.997. The molecular formula is C10H13NO3. The van der Waals surface area contributed by atoms with E-state index in [9.17, 15) is 9.59 Å². The first kappa shape index (κ1) is 9.24. The summed E-state index contributed by atoms with van der Waals surface area (Å²) < 4.78 is 0. The molecule has 2 aliphatic rings. The van der Waals surface area contributed by atoms with Crippen LogP contribution >= 0.6 is 0 Å². The fourth-order valence-corrected chi connectivity index (χ4v) is 2.37. The molecule has 1 fully saturated rings. The molecule has 0 aromatic heterocycles. The lowest BCUT2D eigenvalue weighted by Gasteiger charge is -2.45. The molecule has 0 saturated carbocycles. The van der Waals surface area contributed by atoms with Crippen LogP contribution in [-0.4, -0.2) is 27.9 Å². The Kier molecular flexibility index (Phi) is 1.87. The van der Waals surface area contributed by atoms with Crippen LogP contribution in [0.3, 0.4) is 0 Å². The largest absolute Gasteiger partial charge is 0.477 e. The Balaban J connectivity index is 2.17. The van der Waals surface area contributed by atoms with Crippen molar-refractivity contribution in [2.75, 3.05) is 0 Å². The highest BCUT2D eigenvalue weighted by Gasteiger charge is 2.53. The van der Waals surface area contributed by atoms with Gasteiger partial charge in [0.25, 0.3) is 0 Å². The van der Waals surface area contributed by atoms with Gasteiger partial charge in [-0.25, -0.2) is 4.79 Å². The number of hydrogen-bond donors (Lipinski definition) is 1. The molecule has 4 nitrogen and oxygen atoms in total. The van der Waals surface area contributed by atoms with Crippen LogP contribution in [0.4, 0.5) is 0 Å². The zero-order chi connectivity index (χ0) is 10.5. The number of carboxylic acid groups (broad SMARTS) is 1. The van der Waals surface area contributed by atoms with Crippen LogP contribution in [0.1, 0.15) is 20.3 Å². The first-order valence-corrected chi connectivity index (χ1v) is 4.80. The maximum atomic E-state index is 11.6. The monoisotopic (exact) mass is 195 g/mol. The van der Waals surface area contributed by atoms with Crippen molar-refractivity contribution in [3.05, 3.63) is 11.8 Å². The van der Waals surface area contributed by atoms with Gasteiger partial charge in [-0.1, -0.05) is 19.9 Å². The Morgan fingerprint density at radius 3 is 2.79 bits per heavy atom. The van der Waals surface area contributed by atoms with Crippen molar-refractivity contribution in [2.24, 2.45) is 11.8 Å². The molecule has 0 radical (unpaired) electrons. The molecule has 76 valence electrons. The molecule has 2 rings (SSSR count). The topological polar surface area (TPSA) is 57.6 Å². The SMILES string of the molecule is CC(C)C1C(=O)N2C(C(=O)O)=CCC12. The van der Waals surface area contributed by atoms with Crippen molar-refractivity contribution >= 4 is 11.9 Å². The smallest absolute Gasteiger partial charge is 0.352 e. The first-order valence-electron chi connectivity index (χ1n) is 4.80. The van der Waals surface area contributed by atoms with Gasteiger partial charge < -0.3 is 10.0 Å². The predicted molar refractivity (Wildman–Crippen MR) is 49.3 cm³/mol. The van der Waals surface area contributed by atoms with Gasteiger partial charge in [-0.05, 0) is 12.3 Å². The molecule has 0 aliphatic carbocycles. The van der Waals surface area contributed by atoms with Gasteiger partial charge in [0, 0.05) is 0 Å². The number of carboxylic acids is 1. The second kappa shape index (κ2) is 2.83. The van der Waals surface area contributed by atoms with Crippen LogP contribution in [0.5, 0.6) is 0 Å². The zero-order valence-electron chi connectivity index (χ0n) is 8.23. The number of β-lactam (4-membered cyclic amide) rings is 1. The van der Waals surface area contributed by atoms with E-state index in [0.717, 1.165) is 0 Å². The van der Waals surface area contributed by atoms with Crippen molar-refractivity contribution in [1.82, 2.24) is 4.90 Å². The van der Waals surface area contributed by atoms with Gasteiger partial charge in [-0.2, -0.15) is 0 Å². The molecule has 2 atom stereocenters. The molecule has 2 heterocycles. The van der Waals surface area contributed by atoms with E-state index in [2.05, 4.69) is 0 Å². The van der Waals surface area contributed by atoms with Crippen molar-refractivity contribution < 1.29 is 14.7 Å². The molecule has 1 saturated heterocycles. The van der Waals surface area contributed by atoms with Crippen molar-refractivity contribution in [1.29, 1.82) is 0 Å². The minimum Gasteiger partial charge on any atom is -0.477 e. The van der Waals surface area contributed by atoms with E-state index in [1.807, 2.05) is 13.8 Å². The zero-order valence-corrected chi connectivity index (χ0v) is 8.23. The van der Waals surface area contributed by atoms with Crippen molar-refractivity contribution in [3.8, 4) is 0 Å². The minimum atomic E-state index is -0.997. The molecule has 0 aromatic rings. The number of nitrogens with zero attached hydrogens (tertiary/aromatic N) is 1. The Labute approximate surface area is 82.2 Å². The highest BCUT2D eigenvalue weighted by Crippen LogP contribution is 2.41. The normalized spacial score (nSPS) is 30.1. The van der Waals surface area contributed by atoms with E-state index in [-0.39, 0.29) is 23.6 Å². The molecule has 0 aromatic carbocycles. The summed E-state index contributed by atoms with van der Waals surface area (Å²) in [5.41, 5.74) is 0.164.